The number of esters is 1. The Morgan fingerprint density at radius 1 is 1.30 bits per heavy atom. The average Bonchev–Trinajstić information content (AvgIpc) is 2.79. The molecule has 8 heteroatoms. The number of piperidine rings is 1. The highest BCUT2D eigenvalue weighted by molar-refractivity contribution is 5.70. The van der Waals surface area contributed by atoms with E-state index in [1.807, 2.05) is 46.0 Å². The van der Waals surface area contributed by atoms with Crippen LogP contribution in [0.1, 0.15) is 43.1 Å². The van der Waals surface area contributed by atoms with E-state index in [0.717, 1.165) is 48.6 Å². The number of carbonyl (C=O) groups is 1. The van der Waals surface area contributed by atoms with Crippen LogP contribution < -0.4 is 20.7 Å². The number of aromatic nitrogens is 2. The van der Waals surface area contributed by atoms with Crippen LogP contribution in [0.2, 0.25) is 0 Å². The van der Waals surface area contributed by atoms with Gasteiger partial charge in [0.25, 0.3) is 0 Å². The van der Waals surface area contributed by atoms with Crippen LogP contribution in [-0.4, -0.2) is 49.3 Å². The van der Waals surface area contributed by atoms with E-state index in [0.29, 0.717) is 36.2 Å². The topological polar surface area (TPSA) is 103 Å². The quantitative estimate of drug-likeness (QED) is 0.558. The van der Waals surface area contributed by atoms with Crippen molar-refractivity contribution in [1.82, 2.24) is 15.3 Å². The van der Waals surface area contributed by atoms with Crippen LogP contribution in [-0.2, 0) is 9.53 Å². The number of pyridine rings is 2. The smallest absolute Gasteiger partial charge is 0.306 e. The Bertz CT molecular complexity index is 992. The van der Waals surface area contributed by atoms with Crippen molar-refractivity contribution in [3.63, 3.8) is 0 Å². The largest absolute Gasteiger partial charge is 0.471 e. The van der Waals surface area contributed by atoms with Gasteiger partial charge in [0.05, 0.1) is 41.5 Å². The van der Waals surface area contributed by atoms with Crippen LogP contribution >= 0.6 is 0 Å². The van der Waals surface area contributed by atoms with Gasteiger partial charge < -0.3 is 25.4 Å². The highest BCUT2D eigenvalue weighted by Crippen LogP contribution is 2.28. The molecule has 0 saturated carbocycles. The van der Waals surface area contributed by atoms with Gasteiger partial charge in [-0.15, -0.1) is 0 Å². The zero-order valence-corrected chi connectivity index (χ0v) is 20.1. The fourth-order valence-corrected chi connectivity index (χ4v) is 4.12. The fraction of sp³-hybridized carbons (Fsp3) is 0.480. The van der Waals surface area contributed by atoms with Crippen molar-refractivity contribution < 1.29 is 14.3 Å². The standard InChI is InChI=1S/C25H35N5O3/c1-5-32-24(31)14-19-7-6-12-30(15-19)22-9-8-20(29-18(22)3)25(26)21(27-4)16-33-23-13-17(2)10-11-28-23/h8-11,13,19,27H,5-7,12,14-16,26H2,1-4H3/b25-21-/t19-/m1/s1. The molecule has 0 aromatic carbocycles. The first-order chi connectivity index (χ1) is 15.9. The van der Waals surface area contributed by atoms with Crippen molar-refractivity contribution in [3.8, 4) is 5.88 Å². The summed E-state index contributed by atoms with van der Waals surface area (Å²) in [5.74, 6) is 0.734. The number of nitrogens with one attached hydrogen (secondary N) is 1. The Kier molecular flexibility index (Phi) is 8.52. The Balaban J connectivity index is 1.70. The summed E-state index contributed by atoms with van der Waals surface area (Å²) in [6.07, 6.45) is 4.27. The van der Waals surface area contributed by atoms with Crippen LogP contribution in [0.4, 0.5) is 5.69 Å². The second-order valence-corrected chi connectivity index (χ2v) is 8.37. The Hall–Kier alpha value is -3.29. The van der Waals surface area contributed by atoms with Crippen molar-refractivity contribution in [2.75, 3.05) is 38.3 Å². The Morgan fingerprint density at radius 2 is 2.12 bits per heavy atom. The molecule has 1 aliphatic heterocycles. The Morgan fingerprint density at radius 3 is 2.82 bits per heavy atom. The van der Waals surface area contributed by atoms with Crippen LogP contribution in [0, 0.1) is 19.8 Å². The van der Waals surface area contributed by atoms with Crippen LogP contribution in [0.3, 0.4) is 0 Å². The van der Waals surface area contributed by atoms with Gasteiger partial charge in [-0.1, -0.05) is 0 Å². The van der Waals surface area contributed by atoms with Gasteiger partial charge in [-0.2, -0.15) is 0 Å². The molecule has 0 unspecified atom stereocenters. The lowest BCUT2D eigenvalue weighted by Crippen LogP contribution is -2.37. The van der Waals surface area contributed by atoms with Crippen molar-refractivity contribution >= 4 is 17.4 Å². The van der Waals surface area contributed by atoms with Crippen molar-refractivity contribution in [2.24, 2.45) is 11.7 Å². The molecule has 0 radical (unpaired) electrons. The second-order valence-electron chi connectivity index (χ2n) is 8.37. The summed E-state index contributed by atoms with van der Waals surface area (Å²) in [5, 5.41) is 3.12. The molecular weight excluding hydrogens is 418 g/mol. The monoisotopic (exact) mass is 453 g/mol. The maximum absolute atomic E-state index is 11.9. The predicted octanol–water partition coefficient (Wildman–Crippen LogP) is 3.19. The molecule has 1 saturated heterocycles. The van der Waals surface area contributed by atoms with E-state index in [2.05, 4.69) is 21.3 Å². The average molecular weight is 454 g/mol. The summed E-state index contributed by atoms with van der Waals surface area (Å²) in [4.78, 5) is 23.2. The van der Waals surface area contributed by atoms with Gasteiger partial charge >= 0.3 is 5.97 Å². The second kappa shape index (κ2) is 11.5. The number of likely N-dealkylation sites (N-methyl/N-ethyl adjacent to an activating group) is 1. The van der Waals surface area contributed by atoms with Gasteiger partial charge in [-0.25, -0.2) is 9.97 Å². The van der Waals surface area contributed by atoms with E-state index in [4.69, 9.17) is 20.2 Å². The summed E-state index contributed by atoms with van der Waals surface area (Å²) < 4.78 is 10.9. The number of carbonyl (C=O) groups excluding carboxylic acids is 1. The minimum atomic E-state index is -0.116. The predicted molar refractivity (Wildman–Crippen MR) is 130 cm³/mol. The molecule has 1 aliphatic rings. The third-order valence-electron chi connectivity index (χ3n) is 5.84. The number of hydrogen-bond acceptors (Lipinski definition) is 8. The maximum Gasteiger partial charge on any atom is 0.306 e. The molecule has 8 nitrogen and oxygen atoms in total. The molecule has 1 fully saturated rings. The minimum absolute atomic E-state index is 0.116. The fourth-order valence-electron chi connectivity index (χ4n) is 4.12. The SMILES string of the molecule is CCOC(=O)C[C@H]1CCCN(c2ccc(/C(N)=C(\COc3cc(C)ccn3)NC)nc2C)C1. The molecule has 2 aromatic heterocycles. The lowest BCUT2D eigenvalue weighted by molar-refractivity contribution is -0.144. The summed E-state index contributed by atoms with van der Waals surface area (Å²) in [6.45, 7) is 8.29. The lowest BCUT2D eigenvalue weighted by Gasteiger charge is -2.34. The number of rotatable bonds is 9. The molecule has 33 heavy (non-hydrogen) atoms. The van der Waals surface area contributed by atoms with E-state index in [9.17, 15) is 4.79 Å². The zero-order valence-electron chi connectivity index (χ0n) is 20.1. The third kappa shape index (κ3) is 6.60. The summed E-state index contributed by atoms with van der Waals surface area (Å²) in [6, 6.07) is 7.81. The molecule has 3 rings (SSSR count). The van der Waals surface area contributed by atoms with E-state index in [1.165, 1.54) is 0 Å². The molecule has 3 N–H and O–H groups in total. The zero-order chi connectivity index (χ0) is 23.8. The van der Waals surface area contributed by atoms with Gasteiger partial charge in [-0.05, 0) is 63.3 Å². The summed E-state index contributed by atoms with van der Waals surface area (Å²) >= 11 is 0. The minimum Gasteiger partial charge on any atom is -0.471 e. The summed E-state index contributed by atoms with van der Waals surface area (Å²) in [7, 11) is 1.81. The van der Waals surface area contributed by atoms with Gasteiger partial charge in [-0.3, -0.25) is 4.79 Å². The molecule has 1 atom stereocenters. The van der Waals surface area contributed by atoms with Crippen LogP contribution in [0.25, 0.3) is 5.70 Å². The van der Waals surface area contributed by atoms with Gasteiger partial charge in [0, 0.05) is 32.4 Å². The first-order valence-corrected chi connectivity index (χ1v) is 11.5. The molecule has 0 bridgehead atoms. The molecule has 3 heterocycles. The van der Waals surface area contributed by atoms with E-state index >= 15 is 0 Å². The van der Waals surface area contributed by atoms with Gasteiger partial charge in [0.1, 0.15) is 6.61 Å². The van der Waals surface area contributed by atoms with E-state index < -0.39 is 0 Å². The molecule has 2 aromatic rings. The van der Waals surface area contributed by atoms with Gasteiger partial charge in [0.15, 0.2) is 0 Å². The Labute approximate surface area is 196 Å². The van der Waals surface area contributed by atoms with Crippen molar-refractivity contribution in [2.45, 2.75) is 40.0 Å². The van der Waals surface area contributed by atoms with Crippen LogP contribution in [0.5, 0.6) is 5.88 Å². The van der Waals surface area contributed by atoms with E-state index in [-0.39, 0.29) is 12.6 Å². The lowest BCUT2D eigenvalue weighted by atomic mass is 9.94. The number of aryl methyl sites for hydroxylation is 2. The highest BCUT2D eigenvalue weighted by atomic mass is 16.5. The number of anilines is 1. The molecule has 0 aliphatic carbocycles. The first-order valence-electron chi connectivity index (χ1n) is 11.5. The van der Waals surface area contributed by atoms with E-state index in [1.54, 1.807) is 6.20 Å². The normalized spacial score (nSPS) is 16.7. The highest BCUT2D eigenvalue weighted by Gasteiger charge is 2.24. The number of nitrogens with zero attached hydrogens (tertiary/aromatic N) is 3. The molecular formula is C25H35N5O3. The maximum atomic E-state index is 11.9. The number of ether oxygens (including phenoxy) is 2. The number of hydrogen-bond donors (Lipinski definition) is 2. The summed E-state index contributed by atoms with van der Waals surface area (Å²) in [5.41, 5.74) is 11.5. The van der Waals surface area contributed by atoms with Gasteiger partial charge in [0.2, 0.25) is 5.88 Å². The van der Waals surface area contributed by atoms with Crippen LogP contribution in [0.15, 0.2) is 36.2 Å². The third-order valence-corrected chi connectivity index (χ3v) is 5.84. The molecule has 0 spiro atoms. The molecule has 178 valence electrons. The number of nitrogens with two attached hydrogens (primary N) is 1. The van der Waals surface area contributed by atoms with Crippen molar-refractivity contribution in [3.05, 3.63) is 53.1 Å². The first kappa shape index (κ1) is 24.4. The van der Waals surface area contributed by atoms with Crippen molar-refractivity contribution in [1.29, 1.82) is 0 Å². The molecule has 0 amide bonds.